The van der Waals surface area contributed by atoms with Gasteiger partial charge in [-0.1, -0.05) is 0 Å². The van der Waals surface area contributed by atoms with Crippen molar-refractivity contribution in [1.29, 1.82) is 0 Å². The van der Waals surface area contributed by atoms with Crippen molar-refractivity contribution in [3.63, 3.8) is 0 Å². The first-order chi connectivity index (χ1) is 14.5. The monoisotopic (exact) mass is 447 g/mol. The highest BCUT2D eigenvalue weighted by molar-refractivity contribution is 8.01. The van der Waals surface area contributed by atoms with Crippen LogP contribution in [0.25, 0.3) is 0 Å². The molecule has 0 bridgehead atoms. The normalized spacial score (nSPS) is 28.3. The Morgan fingerprint density at radius 3 is 2.45 bits per heavy atom. The molecular weight excluding hydrogens is 422 g/mol. The first-order valence-corrected chi connectivity index (χ1v) is 10.8. The number of esters is 1. The van der Waals surface area contributed by atoms with Crippen molar-refractivity contribution < 1.29 is 29.0 Å². The second-order valence-electron chi connectivity index (χ2n) is 8.75. The number of benzene rings is 1. The number of amides is 2. The first kappa shape index (κ1) is 21.6. The average molecular weight is 448 g/mol. The molecule has 2 amide bonds. The second kappa shape index (κ2) is 7.23. The fourth-order valence-corrected chi connectivity index (χ4v) is 6.09. The summed E-state index contributed by atoms with van der Waals surface area (Å²) in [6.07, 6.45) is 0. The summed E-state index contributed by atoms with van der Waals surface area (Å²) in [4.78, 5) is 46.8. The summed E-state index contributed by atoms with van der Waals surface area (Å²) in [6, 6.07) is 4.72. The van der Waals surface area contributed by atoms with Gasteiger partial charge >= 0.3 is 5.97 Å². The van der Waals surface area contributed by atoms with Gasteiger partial charge in [0, 0.05) is 17.4 Å². The van der Waals surface area contributed by atoms with Gasteiger partial charge in [0.15, 0.2) is 6.79 Å². The number of thioether (sulfide) groups is 1. The Balaban J connectivity index is 1.60. The molecule has 2 saturated heterocycles. The highest BCUT2D eigenvalue weighted by Gasteiger charge is 2.68. The van der Waals surface area contributed by atoms with Crippen molar-refractivity contribution in [2.24, 2.45) is 4.99 Å². The molecule has 1 aromatic rings. The van der Waals surface area contributed by atoms with Crippen LogP contribution in [0.2, 0.25) is 0 Å². The maximum atomic E-state index is 13.3. The smallest absolute Gasteiger partial charge is 0.332 e. The Hall–Kier alpha value is -2.59. The predicted octanol–water partition coefficient (Wildman–Crippen LogP) is 1.34. The number of nitrogens with zero attached hydrogens (tertiary/aromatic N) is 3. The Morgan fingerprint density at radius 1 is 1.19 bits per heavy atom. The van der Waals surface area contributed by atoms with E-state index in [0.29, 0.717) is 5.56 Å². The Labute approximate surface area is 184 Å². The zero-order chi connectivity index (χ0) is 22.7. The van der Waals surface area contributed by atoms with Crippen LogP contribution in [0.5, 0.6) is 5.75 Å². The number of hydrogen-bond acceptors (Lipinski definition) is 8. The summed E-state index contributed by atoms with van der Waals surface area (Å²) in [7, 11) is 1.42. The van der Waals surface area contributed by atoms with Crippen molar-refractivity contribution >= 4 is 35.3 Å². The Kier molecular flexibility index (Phi) is 5.05. The molecule has 0 aliphatic carbocycles. The van der Waals surface area contributed by atoms with Gasteiger partial charge < -0.3 is 19.5 Å². The fourth-order valence-electron chi connectivity index (χ4n) is 4.42. The minimum absolute atomic E-state index is 0.0895. The molecule has 0 aromatic heterocycles. The van der Waals surface area contributed by atoms with Crippen molar-refractivity contribution in [2.45, 2.75) is 55.6 Å². The standard InChI is InChI=1S/C21H25N3O6S/c1-20(2)15(19(28)30-10-29-5)23-17(27)14(18(23)31-20)24-16(26)13(22-21(24,3)4)11-6-8-12(25)9-7-11/h6-9,14-15,18,25H,10H2,1-5H3/t14-,15+,18-/m1/s1. The highest BCUT2D eigenvalue weighted by Crippen LogP contribution is 2.53. The molecular formula is C21H25N3O6S. The quantitative estimate of drug-likeness (QED) is 0.412. The zero-order valence-corrected chi connectivity index (χ0v) is 18.8. The molecule has 3 aliphatic rings. The summed E-state index contributed by atoms with van der Waals surface area (Å²) >= 11 is 1.47. The minimum Gasteiger partial charge on any atom is -0.508 e. The van der Waals surface area contributed by atoms with Crippen molar-refractivity contribution in [2.75, 3.05) is 13.9 Å². The summed E-state index contributed by atoms with van der Waals surface area (Å²) in [5, 5.41) is 9.16. The van der Waals surface area contributed by atoms with Crippen molar-refractivity contribution in [1.82, 2.24) is 9.80 Å². The number of methoxy groups -OCH3 is 1. The molecule has 3 atom stereocenters. The molecule has 3 heterocycles. The molecule has 10 heteroatoms. The largest absolute Gasteiger partial charge is 0.508 e. The number of hydrogen-bond donors (Lipinski definition) is 1. The van der Waals surface area contributed by atoms with Crippen LogP contribution in [0.15, 0.2) is 29.3 Å². The van der Waals surface area contributed by atoms with E-state index in [9.17, 15) is 19.5 Å². The SMILES string of the molecule is COCOC(=O)[C@@H]1N2C(=O)[C@@H](N3C(=O)C(c4ccc(O)cc4)=NC3(C)C)[C@H]2SC1(C)C. The van der Waals surface area contributed by atoms with Gasteiger partial charge in [0.25, 0.3) is 5.91 Å². The van der Waals surface area contributed by atoms with Crippen LogP contribution in [0.1, 0.15) is 33.3 Å². The van der Waals surface area contributed by atoms with E-state index in [1.807, 2.05) is 13.8 Å². The molecule has 0 radical (unpaired) electrons. The number of ether oxygens (including phenoxy) is 2. The summed E-state index contributed by atoms with van der Waals surface area (Å²) in [5.41, 5.74) is -0.118. The van der Waals surface area contributed by atoms with Crippen LogP contribution in [0.3, 0.4) is 0 Å². The number of rotatable bonds is 5. The summed E-state index contributed by atoms with van der Waals surface area (Å²) < 4.78 is 9.35. The first-order valence-electron chi connectivity index (χ1n) is 9.88. The van der Waals surface area contributed by atoms with E-state index < -0.39 is 28.5 Å². The van der Waals surface area contributed by atoms with Gasteiger partial charge in [-0.2, -0.15) is 0 Å². The summed E-state index contributed by atoms with van der Waals surface area (Å²) in [5.74, 6) is -1.09. The molecule has 0 spiro atoms. The predicted molar refractivity (Wildman–Crippen MR) is 113 cm³/mol. The van der Waals surface area contributed by atoms with Crippen LogP contribution in [-0.2, 0) is 23.9 Å². The zero-order valence-electron chi connectivity index (χ0n) is 18.0. The molecule has 31 heavy (non-hydrogen) atoms. The van der Waals surface area contributed by atoms with Crippen LogP contribution in [0.4, 0.5) is 0 Å². The lowest BCUT2D eigenvalue weighted by Crippen LogP contribution is -2.73. The van der Waals surface area contributed by atoms with E-state index in [0.717, 1.165) is 0 Å². The lowest BCUT2D eigenvalue weighted by molar-refractivity contribution is -0.176. The van der Waals surface area contributed by atoms with Gasteiger partial charge in [-0.3, -0.25) is 19.5 Å². The number of phenolic OH excluding ortho intramolecular Hbond substituents is 1. The molecule has 9 nitrogen and oxygen atoms in total. The lowest BCUT2D eigenvalue weighted by atomic mass is 9.94. The lowest BCUT2D eigenvalue weighted by Gasteiger charge is -2.50. The van der Waals surface area contributed by atoms with E-state index in [4.69, 9.17) is 9.47 Å². The van der Waals surface area contributed by atoms with E-state index in [2.05, 4.69) is 4.99 Å². The molecule has 1 aromatic carbocycles. The third-order valence-electron chi connectivity index (χ3n) is 5.77. The van der Waals surface area contributed by atoms with Gasteiger partial charge in [0.1, 0.15) is 34.6 Å². The van der Waals surface area contributed by atoms with Gasteiger partial charge in [0.2, 0.25) is 5.91 Å². The molecule has 2 fully saturated rings. The van der Waals surface area contributed by atoms with Gasteiger partial charge in [-0.15, -0.1) is 11.8 Å². The number of fused-ring (bicyclic) bond motifs is 1. The van der Waals surface area contributed by atoms with E-state index in [1.54, 1.807) is 26.0 Å². The molecule has 4 rings (SSSR count). The number of aromatic hydroxyl groups is 1. The molecule has 166 valence electrons. The molecule has 1 N–H and O–H groups in total. The highest BCUT2D eigenvalue weighted by atomic mass is 32.2. The fraction of sp³-hybridized carbons (Fsp3) is 0.524. The summed E-state index contributed by atoms with van der Waals surface area (Å²) in [6.45, 7) is 7.14. The van der Waals surface area contributed by atoms with Crippen LogP contribution in [-0.4, -0.2) is 80.2 Å². The molecule has 0 saturated carbocycles. The third-order valence-corrected chi connectivity index (χ3v) is 7.33. The van der Waals surface area contributed by atoms with E-state index >= 15 is 0 Å². The van der Waals surface area contributed by atoms with Gasteiger partial charge in [-0.25, -0.2) is 4.79 Å². The average Bonchev–Trinajstić information content (AvgIpc) is 3.09. The van der Waals surface area contributed by atoms with E-state index in [1.165, 1.54) is 40.8 Å². The molecule has 0 unspecified atom stereocenters. The van der Waals surface area contributed by atoms with Crippen molar-refractivity contribution in [3.05, 3.63) is 29.8 Å². The topological polar surface area (TPSA) is 109 Å². The number of β-lactam (4-membered cyclic amide) rings is 1. The van der Waals surface area contributed by atoms with E-state index in [-0.39, 0.29) is 35.4 Å². The van der Waals surface area contributed by atoms with Crippen LogP contribution in [0, 0.1) is 0 Å². The number of carbonyl (C=O) groups is 3. The van der Waals surface area contributed by atoms with Gasteiger partial charge in [-0.05, 0) is 52.0 Å². The number of carbonyl (C=O) groups excluding carboxylic acids is 3. The van der Waals surface area contributed by atoms with Gasteiger partial charge in [0.05, 0.1) is 0 Å². The second-order valence-corrected chi connectivity index (χ2v) is 10.5. The number of aliphatic imine (C=N–C) groups is 1. The Morgan fingerprint density at radius 2 is 1.84 bits per heavy atom. The molecule has 3 aliphatic heterocycles. The minimum atomic E-state index is -0.934. The van der Waals surface area contributed by atoms with Crippen LogP contribution >= 0.6 is 11.8 Å². The third kappa shape index (κ3) is 3.28. The number of phenols is 1. The maximum Gasteiger partial charge on any atom is 0.332 e. The Bertz CT molecular complexity index is 974. The maximum absolute atomic E-state index is 13.3. The van der Waals surface area contributed by atoms with Crippen molar-refractivity contribution in [3.8, 4) is 5.75 Å². The van der Waals surface area contributed by atoms with Crippen LogP contribution < -0.4 is 0 Å².